The van der Waals surface area contributed by atoms with Gasteiger partial charge in [-0.1, -0.05) is 12.1 Å². The summed E-state index contributed by atoms with van der Waals surface area (Å²) in [5, 5.41) is 0. The van der Waals surface area contributed by atoms with Gasteiger partial charge in [0.15, 0.2) is 5.82 Å². The molecule has 0 spiro atoms. The minimum atomic E-state index is -4.78. The van der Waals surface area contributed by atoms with E-state index < -0.39 is 23.5 Å². The molecule has 0 saturated heterocycles. The summed E-state index contributed by atoms with van der Waals surface area (Å²) in [5.74, 6) is 0.185. The summed E-state index contributed by atoms with van der Waals surface area (Å²) in [7, 11) is 1.42. The molecule has 2 aliphatic carbocycles. The monoisotopic (exact) mass is 568 g/mol. The average Bonchev–Trinajstić information content (AvgIpc) is 3.83. The summed E-state index contributed by atoms with van der Waals surface area (Å²) in [6, 6.07) is 5.87. The van der Waals surface area contributed by atoms with Crippen LogP contribution >= 0.6 is 0 Å². The van der Waals surface area contributed by atoms with Crippen molar-refractivity contribution in [1.82, 2.24) is 19.9 Å². The molecule has 0 N–H and O–H groups in total. The van der Waals surface area contributed by atoms with E-state index in [1.165, 1.54) is 37.7 Å². The van der Waals surface area contributed by atoms with E-state index in [1.807, 2.05) is 0 Å². The second-order valence-corrected chi connectivity index (χ2v) is 9.50. The molecule has 14 heteroatoms. The normalized spacial score (nSPS) is 16.3. The number of alkyl halides is 6. The predicted molar refractivity (Wildman–Crippen MR) is 130 cm³/mol. The van der Waals surface area contributed by atoms with Gasteiger partial charge in [0.25, 0.3) is 0 Å². The minimum Gasteiger partial charge on any atom is -0.536 e. The standard InChI is InChI=1S/C27H21F6N5O2.Li/c1-15(26(28,29)30)34-11-16-3-5-17(6-4-16)13-40-23-19(25(9-10-25)27(31,32)33)12-35-22(38-23)20-21(18-7-8-18)36-14-37-24(20)39-2;/h1,3-6,12,14,18H,7-10,13H2,2H3;/q-2;+1. The van der Waals surface area contributed by atoms with Crippen molar-refractivity contribution >= 4 is 6.21 Å². The number of methoxy groups -OCH3 is 1. The maximum Gasteiger partial charge on any atom is 1.00 e. The molecule has 0 atom stereocenters. The zero-order chi connectivity index (χ0) is 28.7. The van der Waals surface area contributed by atoms with Crippen molar-refractivity contribution in [3.8, 4) is 23.1 Å². The van der Waals surface area contributed by atoms with Gasteiger partial charge in [0.05, 0.1) is 18.2 Å². The first-order chi connectivity index (χ1) is 18.9. The molecule has 7 nitrogen and oxygen atoms in total. The van der Waals surface area contributed by atoms with Crippen LogP contribution in [0, 0.1) is 6.58 Å². The Bertz CT molecular complexity index is 1450. The molecule has 0 bridgehead atoms. The Balaban J connectivity index is 0.00000387. The molecule has 2 aliphatic rings. The second kappa shape index (κ2) is 11.4. The zero-order valence-electron chi connectivity index (χ0n) is 22.0. The third-order valence-corrected chi connectivity index (χ3v) is 6.71. The molecule has 5 rings (SSSR count). The second-order valence-electron chi connectivity index (χ2n) is 9.50. The first-order valence-corrected chi connectivity index (χ1v) is 12.1. The van der Waals surface area contributed by atoms with Crippen molar-refractivity contribution in [3.63, 3.8) is 0 Å². The van der Waals surface area contributed by atoms with Crippen LogP contribution in [0.1, 0.15) is 54.0 Å². The molecule has 0 aliphatic heterocycles. The van der Waals surface area contributed by atoms with Crippen molar-refractivity contribution in [1.29, 1.82) is 0 Å². The van der Waals surface area contributed by atoms with Crippen LogP contribution in [0.5, 0.6) is 11.8 Å². The Morgan fingerprint density at radius 2 is 1.73 bits per heavy atom. The summed E-state index contributed by atoms with van der Waals surface area (Å²) in [6.45, 7) is 4.68. The number of hydrogen-bond donors (Lipinski definition) is 0. The van der Waals surface area contributed by atoms with Crippen LogP contribution < -0.4 is 28.3 Å². The van der Waals surface area contributed by atoms with Crippen molar-refractivity contribution in [3.05, 3.63) is 71.4 Å². The van der Waals surface area contributed by atoms with Gasteiger partial charge in [0.2, 0.25) is 11.8 Å². The van der Waals surface area contributed by atoms with Crippen molar-refractivity contribution in [2.75, 3.05) is 7.11 Å². The molecule has 41 heavy (non-hydrogen) atoms. The van der Waals surface area contributed by atoms with Crippen LogP contribution in [0.25, 0.3) is 11.4 Å². The van der Waals surface area contributed by atoms with E-state index in [9.17, 15) is 26.3 Å². The molecule has 2 saturated carbocycles. The molecule has 0 radical (unpaired) electrons. The Labute approximate surface area is 243 Å². The van der Waals surface area contributed by atoms with Crippen LogP contribution in [0.4, 0.5) is 26.3 Å². The van der Waals surface area contributed by atoms with Gasteiger partial charge in [-0.3, -0.25) is 0 Å². The van der Waals surface area contributed by atoms with Gasteiger partial charge >= 0.3 is 31.2 Å². The van der Waals surface area contributed by atoms with E-state index >= 15 is 0 Å². The summed E-state index contributed by atoms with van der Waals surface area (Å²) < 4.78 is 90.9. The molecule has 0 unspecified atom stereocenters. The molecular weight excluding hydrogens is 547 g/mol. The number of aromatic nitrogens is 4. The maximum absolute atomic E-state index is 14.0. The third-order valence-electron chi connectivity index (χ3n) is 6.71. The Morgan fingerprint density at radius 1 is 1.05 bits per heavy atom. The maximum atomic E-state index is 14.0. The largest absolute Gasteiger partial charge is 1.00 e. The topological polar surface area (TPSA) is 82.4 Å². The summed E-state index contributed by atoms with van der Waals surface area (Å²) >= 11 is 0. The molecule has 2 heterocycles. The fourth-order valence-electron chi connectivity index (χ4n) is 4.18. The van der Waals surface area contributed by atoms with Gasteiger partial charge < -0.3 is 21.0 Å². The smallest absolute Gasteiger partial charge is 0.536 e. The van der Waals surface area contributed by atoms with Gasteiger partial charge in [-0.2, -0.15) is 31.3 Å². The molecular formula is C27H21F6LiN5O2-. The number of rotatable bonds is 9. The molecule has 1 aromatic carbocycles. The first-order valence-electron chi connectivity index (χ1n) is 12.1. The van der Waals surface area contributed by atoms with Crippen LogP contribution in [-0.2, 0) is 12.0 Å². The molecule has 2 aromatic heterocycles. The molecule has 3 aromatic rings. The Morgan fingerprint density at radius 3 is 2.29 bits per heavy atom. The average molecular weight is 568 g/mol. The number of ether oxygens (including phenoxy) is 2. The number of hydrogen-bond acceptors (Lipinski definition) is 7. The Hall–Kier alpha value is -3.43. The fraction of sp³-hybridized carbons (Fsp3) is 0.370. The van der Waals surface area contributed by atoms with E-state index in [-0.39, 0.29) is 72.9 Å². The quantitative estimate of drug-likeness (QED) is 0.171. The van der Waals surface area contributed by atoms with Gasteiger partial charge in [0.1, 0.15) is 18.5 Å². The van der Waals surface area contributed by atoms with Gasteiger partial charge in [-0.25, -0.2) is 15.0 Å². The fourth-order valence-corrected chi connectivity index (χ4v) is 4.18. The van der Waals surface area contributed by atoms with Crippen molar-refractivity contribution in [2.45, 2.75) is 56.0 Å². The molecule has 210 valence electrons. The molecule has 0 amide bonds. The summed E-state index contributed by atoms with van der Waals surface area (Å²) in [5.41, 5.74) is -2.06. The number of allylic oxidation sites excluding steroid dienone is 1. The van der Waals surface area contributed by atoms with Gasteiger partial charge in [-0.15, -0.1) is 23.4 Å². The zero-order valence-corrected chi connectivity index (χ0v) is 22.0. The van der Waals surface area contributed by atoms with Crippen LogP contribution in [0.2, 0.25) is 0 Å². The van der Waals surface area contributed by atoms with E-state index in [2.05, 4.69) is 31.1 Å². The summed E-state index contributed by atoms with van der Waals surface area (Å²) in [6.07, 6.45) is -3.08. The van der Waals surface area contributed by atoms with E-state index in [0.717, 1.165) is 19.0 Å². The number of benzene rings is 1. The van der Waals surface area contributed by atoms with Crippen LogP contribution in [0.3, 0.4) is 0 Å². The third kappa shape index (κ3) is 6.41. The predicted octanol–water partition coefficient (Wildman–Crippen LogP) is 3.17. The van der Waals surface area contributed by atoms with E-state index in [4.69, 9.17) is 16.1 Å². The van der Waals surface area contributed by atoms with Crippen LogP contribution in [-0.4, -0.2) is 45.6 Å². The molecule has 2 fully saturated rings. The number of halogens is 6. The number of nitrogens with zero attached hydrogens (tertiary/aromatic N) is 5. The van der Waals surface area contributed by atoms with E-state index in [1.54, 1.807) is 0 Å². The van der Waals surface area contributed by atoms with Crippen molar-refractivity contribution < 1.29 is 54.7 Å². The Kier molecular flexibility index (Phi) is 8.52. The number of aliphatic imine (C=N–C) groups is 1. The van der Waals surface area contributed by atoms with Gasteiger partial charge in [0, 0.05) is 17.7 Å². The van der Waals surface area contributed by atoms with Crippen molar-refractivity contribution in [2.24, 2.45) is 4.99 Å². The minimum absolute atomic E-state index is 0. The first kappa shape index (κ1) is 30.5. The van der Waals surface area contributed by atoms with E-state index in [0.29, 0.717) is 16.8 Å². The summed E-state index contributed by atoms with van der Waals surface area (Å²) in [4.78, 5) is 20.2. The van der Waals surface area contributed by atoms with Crippen LogP contribution in [0.15, 0.2) is 47.5 Å². The SMILES string of the molecule is [CH-]=C(N=[C-]c1ccc(COc2nc(-c3c(OC)ncnc3C3CC3)ncc2C2(C(F)(F)F)CC2)cc1)C(F)(F)F.[Li+]. The van der Waals surface area contributed by atoms with Gasteiger partial charge in [-0.05, 0) is 37.5 Å².